The average molecular weight is 377 g/mol. The summed E-state index contributed by atoms with van der Waals surface area (Å²) >= 11 is 0. The van der Waals surface area contributed by atoms with Crippen LogP contribution in [0.5, 0.6) is 5.75 Å². The zero-order valence-corrected chi connectivity index (χ0v) is 15.3. The molecule has 0 aliphatic carbocycles. The van der Waals surface area contributed by atoms with E-state index < -0.39 is 5.63 Å². The van der Waals surface area contributed by atoms with Crippen LogP contribution in [0.4, 0.5) is 0 Å². The van der Waals surface area contributed by atoms with Crippen molar-refractivity contribution in [2.24, 2.45) is 0 Å². The van der Waals surface area contributed by atoms with Crippen molar-refractivity contribution in [1.29, 1.82) is 0 Å². The molecule has 0 unspecified atom stereocenters. The second-order valence-electron chi connectivity index (χ2n) is 6.39. The first-order valence-electron chi connectivity index (χ1n) is 8.95. The van der Waals surface area contributed by atoms with Crippen LogP contribution >= 0.6 is 0 Å². The Labute approximate surface area is 160 Å². The van der Waals surface area contributed by atoms with E-state index in [1.807, 2.05) is 31.2 Å². The van der Waals surface area contributed by atoms with Crippen molar-refractivity contribution in [3.05, 3.63) is 70.8 Å². The Bertz CT molecular complexity index is 1210. The SMILES string of the molecule is Cc1nc2ccccc2n1CCNC(=O)COc1ccc2ccc(=O)oc2c1. The Kier molecular flexibility index (Phi) is 4.80. The van der Waals surface area contributed by atoms with Crippen molar-refractivity contribution in [1.82, 2.24) is 14.9 Å². The molecule has 4 aromatic rings. The van der Waals surface area contributed by atoms with Crippen LogP contribution in [-0.2, 0) is 11.3 Å². The summed E-state index contributed by atoms with van der Waals surface area (Å²) in [6.07, 6.45) is 0. The number of imidazole rings is 1. The normalized spacial score (nSPS) is 11.0. The number of hydrogen-bond donors (Lipinski definition) is 1. The molecular weight excluding hydrogens is 358 g/mol. The predicted octanol–water partition coefficient (Wildman–Crippen LogP) is 2.65. The fourth-order valence-corrected chi connectivity index (χ4v) is 3.12. The standard InChI is InChI=1S/C21H19N3O4/c1-14-23-17-4-2-3-5-18(17)24(14)11-10-22-20(25)13-27-16-8-6-15-7-9-21(26)28-19(15)12-16/h2-9,12H,10-11,13H2,1H3,(H,22,25). The Morgan fingerprint density at radius 3 is 2.89 bits per heavy atom. The molecule has 142 valence electrons. The minimum absolute atomic E-state index is 0.119. The molecule has 0 aliphatic heterocycles. The monoisotopic (exact) mass is 377 g/mol. The van der Waals surface area contributed by atoms with Gasteiger partial charge < -0.3 is 19.0 Å². The number of ether oxygens (including phenoxy) is 1. The number of carbonyl (C=O) groups excluding carboxylic acids is 1. The van der Waals surface area contributed by atoms with Gasteiger partial charge in [0.05, 0.1) is 11.0 Å². The highest BCUT2D eigenvalue weighted by molar-refractivity contribution is 5.79. The lowest BCUT2D eigenvalue weighted by Crippen LogP contribution is -2.31. The quantitative estimate of drug-likeness (QED) is 0.522. The van der Waals surface area contributed by atoms with Crippen LogP contribution in [0.1, 0.15) is 5.82 Å². The molecule has 2 aromatic carbocycles. The van der Waals surface area contributed by atoms with Crippen LogP contribution in [0.15, 0.2) is 63.8 Å². The third-order valence-corrected chi connectivity index (χ3v) is 4.47. The summed E-state index contributed by atoms with van der Waals surface area (Å²) in [4.78, 5) is 27.9. The van der Waals surface area contributed by atoms with Gasteiger partial charge in [0.15, 0.2) is 6.61 Å². The van der Waals surface area contributed by atoms with Gasteiger partial charge in [-0.3, -0.25) is 4.79 Å². The summed E-state index contributed by atoms with van der Waals surface area (Å²) in [5.41, 5.74) is 1.98. The molecule has 1 amide bonds. The Balaban J connectivity index is 1.32. The molecular formula is C21H19N3O4. The number of aryl methyl sites for hydroxylation is 1. The summed E-state index contributed by atoms with van der Waals surface area (Å²) < 4.78 is 12.7. The average Bonchev–Trinajstić information content (AvgIpc) is 3.01. The van der Waals surface area contributed by atoms with Crippen LogP contribution in [0, 0.1) is 6.92 Å². The summed E-state index contributed by atoms with van der Waals surface area (Å²) in [6.45, 7) is 2.92. The molecule has 0 aliphatic rings. The lowest BCUT2D eigenvalue weighted by atomic mass is 10.2. The largest absolute Gasteiger partial charge is 0.484 e. The zero-order valence-electron chi connectivity index (χ0n) is 15.3. The van der Waals surface area contributed by atoms with Gasteiger partial charge in [0.1, 0.15) is 17.2 Å². The van der Waals surface area contributed by atoms with Gasteiger partial charge in [-0.1, -0.05) is 12.1 Å². The van der Waals surface area contributed by atoms with Gasteiger partial charge >= 0.3 is 5.63 Å². The molecule has 2 aromatic heterocycles. The van der Waals surface area contributed by atoms with Crippen LogP contribution in [-0.4, -0.2) is 28.6 Å². The third kappa shape index (κ3) is 3.73. The molecule has 4 rings (SSSR count). The van der Waals surface area contributed by atoms with Crippen molar-refractivity contribution in [3.8, 4) is 5.75 Å². The van der Waals surface area contributed by atoms with Crippen LogP contribution in [0.25, 0.3) is 22.0 Å². The first-order chi connectivity index (χ1) is 13.6. The van der Waals surface area contributed by atoms with E-state index >= 15 is 0 Å². The number of fused-ring (bicyclic) bond motifs is 2. The maximum atomic E-state index is 12.1. The van der Waals surface area contributed by atoms with Crippen LogP contribution < -0.4 is 15.7 Å². The number of nitrogens with zero attached hydrogens (tertiary/aromatic N) is 2. The minimum atomic E-state index is -0.426. The van der Waals surface area contributed by atoms with E-state index in [-0.39, 0.29) is 12.5 Å². The van der Waals surface area contributed by atoms with Gasteiger partial charge in [0.2, 0.25) is 0 Å². The van der Waals surface area contributed by atoms with Gasteiger partial charge in [0.25, 0.3) is 5.91 Å². The maximum absolute atomic E-state index is 12.1. The highest BCUT2D eigenvalue weighted by atomic mass is 16.5. The topological polar surface area (TPSA) is 86.4 Å². The van der Waals surface area contributed by atoms with Gasteiger partial charge in [0, 0.05) is 30.6 Å². The molecule has 0 saturated heterocycles. The number of amides is 1. The number of nitrogens with one attached hydrogen (secondary N) is 1. The molecule has 1 N–H and O–H groups in total. The van der Waals surface area contributed by atoms with E-state index in [4.69, 9.17) is 9.15 Å². The van der Waals surface area contributed by atoms with E-state index in [0.717, 1.165) is 22.2 Å². The van der Waals surface area contributed by atoms with Gasteiger partial charge in [-0.25, -0.2) is 9.78 Å². The van der Waals surface area contributed by atoms with Crippen molar-refractivity contribution < 1.29 is 13.9 Å². The smallest absolute Gasteiger partial charge is 0.336 e. The number of carbonyl (C=O) groups is 1. The molecule has 0 fully saturated rings. The second-order valence-corrected chi connectivity index (χ2v) is 6.39. The molecule has 0 atom stereocenters. The fourth-order valence-electron chi connectivity index (χ4n) is 3.12. The first-order valence-corrected chi connectivity index (χ1v) is 8.95. The number of rotatable bonds is 6. The molecule has 7 nitrogen and oxygen atoms in total. The molecule has 0 spiro atoms. The first kappa shape index (κ1) is 17.8. The molecule has 0 radical (unpaired) electrons. The van der Waals surface area contributed by atoms with Crippen molar-refractivity contribution in [2.45, 2.75) is 13.5 Å². The number of hydrogen-bond acceptors (Lipinski definition) is 5. The lowest BCUT2D eigenvalue weighted by molar-refractivity contribution is -0.123. The van der Waals surface area contributed by atoms with Gasteiger partial charge in [-0.05, 0) is 37.3 Å². The lowest BCUT2D eigenvalue weighted by Gasteiger charge is -2.10. The second kappa shape index (κ2) is 7.56. The zero-order chi connectivity index (χ0) is 19.5. The fraction of sp³-hybridized carbons (Fsp3) is 0.190. The highest BCUT2D eigenvalue weighted by Gasteiger charge is 2.08. The van der Waals surface area contributed by atoms with Gasteiger partial charge in [-0.2, -0.15) is 0 Å². The predicted molar refractivity (Wildman–Crippen MR) is 105 cm³/mol. The van der Waals surface area contributed by atoms with Crippen molar-refractivity contribution in [2.75, 3.05) is 13.2 Å². The summed E-state index contributed by atoms with van der Waals surface area (Å²) in [5, 5.41) is 3.63. The molecule has 0 bridgehead atoms. The van der Waals surface area contributed by atoms with Crippen LogP contribution in [0.2, 0.25) is 0 Å². The van der Waals surface area contributed by atoms with Crippen molar-refractivity contribution >= 4 is 27.9 Å². The van der Waals surface area contributed by atoms with Crippen LogP contribution in [0.3, 0.4) is 0 Å². The molecule has 0 saturated carbocycles. The molecule has 28 heavy (non-hydrogen) atoms. The Hall–Kier alpha value is -3.61. The van der Waals surface area contributed by atoms with E-state index in [0.29, 0.717) is 24.4 Å². The minimum Gasteiger partial charge on any atom is -0.484 e. The third-order valence-electron chi connectivity index (χ3n) is 4.47. The van der Waals surface area contributed by atoms with Gasteiger partial charge in [-0.15, -0.1) is 0 Å². The molecule has 2 heterocycles. The number of para-hydroxylation sites is 2. The highest BCUT2D eigenvalue weighted by Crippen LogP contribution is 2.19. The van der Waals surface area contributed by atoms with E-state index in [2.05, 4.69) is 14.9 Å². The summed E-state index contributed by atoms with van der Waals surface area (Å²) in [6, 6.07) is 16.1. The van der Waals surface area contributed by atoms with E-state index in [1.54, 1.807) is 24.3 Å². The Morgan fingerprint density at radius 1 is 1.18 bits per heavy atom. The summed E-state index contributed by atoms with van der Waals surface area (Å²) in [5.74, 6) is 1.15. The summed E-state index contributed by atoms with van der Waals surface area (Å²) in [7, 11) is 0. The number of aromatic nitrogens is 2. The van der Waals surface area contributed by atoms with E-state index in [9.17, 15) is 9.59 Å². The number of benzene rings is 2. The van der Waals surface area contributed by atoms with Crippen molar-refractivity contribution in [3.63, 3.8) is 0 Å². The maximum Gasteiger partial charge on any atom is 0.336 e. The van der Waals surface area contributed by atoms with E-state index in [1.165, 1.54) is 6.07 Å². The Morgan fingerprint density at radius 2 is 2.00 bits per heavy atom. The molecule has 7 heteroatoms.